The van der Waals surface area contributed by atoms with E-state index in [4.69, 9.17) is 13.9 Å². The topological polar surface area (TPSA) is 114 Å². The SMILES string of the molecule is N#Cc1cc2c(cc1Oc1ccc(C(=O)Nc3nc4ccccc4o3)cc1)OCCC2C=O. The first-order valence-electron chi connectivity index (χ1n) is 10.3. The Morgan fingerprint density at radius 3 is 2.76 bits per heavy atom. The van der Waals surface area contributed by atoms with Crippen LogP contribution in [0.15, 0.2) is 65.1 Å². The quantitative estimate of drug-likeness (QED) is 0.444. The number of anilines is 1. The molecule has 8 heteroatoms. The highest BCUT2D eigenvalue weighted by atomic mass is 16.5. The molecule has 0 radical (unpaired) electrons. The zero-order valence-corrected chi connectivity index (χ0v) is 17.3. The molecule has 8 nitrogen and oxygen atoms in total. The summed E-state index contributed by atoms with van der Waals surface area (Å²) in [5.41, 5.74) is 2.60. The lowest BCUT2D eigenvalue weighted by atomic mass is 9.93. The van der Waals surface area contributed by atoms with Crippen LogP contribution in [0.5, 0.6) is 17.2 Å². The summed E-state index contributed by atoms with van der Waals surface area (Å²) < 4.78 is 17.0. The monoisotopic (exact) mass is 439 g/mol. The van der Waals surface area contributed by atoms with E-state index in [-0.39, 0.29) is 17.8 Å². The fourth-order valence-electron chi connectivity index (χ4n) is 3.65. The molecule has 0 aliphatic carbocycles. The van der Waals surface area contributed by atoms with Gasteiger partial charge < -0.3 is 18.7 Å². The van der Waals surface area contributed by atoms with Crippen LogP contribution >= 0.6 is 0 Å². The summed E-state index contributed by atoms with van der Waals surface area (Å²) >= 11 is 0. The molecule has 0 saturated heterocycles. The zero-order chi connectivity index (χ0) is 22.8. The number of ether oxygens (including phenoxy) is 2. The second kappa shape index (κ2) is 8.48. The van der Waals surface area contributed by atoms with E-state index in [1.807, 2.05) is 12.1 Å². The van der Waals surface area contributed by atoms with Gasteiger partial charge in [-0.25, -0.2) is 0 Å². The van der Waals surface area contributed by atoms with Crippen molar-refractivity contribution in [3.05, 3.63) is 77.4 Å². The summed E-state index contributed by atoms with van der Waals surface area (Å²) in [6, 6.07) is 19.1. The number of benzene rings is 3. The van der Waals surface area contributed by atoms with Gasteiger partial charge in [-0.15, -0.1) is 0 Å². The van der Waals surface area contributed by atoms with Crippen molar-refractivity contribution in [2.24, 2.45) is 0 Å². The fourth-order valence-corrected chi connectivity index (χ4v) is 3.65. The van der Waals surface area contributed by atoms with Crippen molar-refractivity contribution in [2.45, 2.75) is 12.3 Å². The van der Waals surface area contributed by atoms with Crippen LogP contribution in [-0.4, -0.2) is 23.8 Å². The smallest absolute Gasteiger partial charge is 0.302 e. The Hall–Kier alpha value is -4.64. The van der Waals surface area contributed by atoms with Crippen molar-refractivity contribution in [2.75, 3.05) is 11.9 Å². The molecule has 162 valence electrons. The summed E-state index contributed by atoms with van der Waals surface area (Å²) in [4.78, 5) is 28.1. The number of hydrogen-bond acceptors (Lipinski definition) is 7. The van der Waals surface area contributed by atoms with E-state index < -0.39 is 0 Å². The Labute approximate surface area is 188 Å². The Balaban J connectivity index is 1.33. The normalized spacial score (nSPS) is 14.6. The van der Waals surface area contributed by atoms with Gasteiger partial charge in [-0.05, 0) is 48.9 Å². The Morgan fingerprint density at radius 1 is 1.18 bits per heavy atom. The Kier molecular flexibility index (Phi) is 5.21. The number of hydrogen-bond donors (Lipinski definition) is 1. The van der Waals surface area contributed by atoms with Crippen LogP contribution in [0.1, 0.15) is 33.8 Å². The number of carbonyl (C=O) groups excluding carboxylic acids is 2. The predicted molar refractivity (Wildman–Crippen MR) is 119 cm³/mol. The van der Waals surface area contributed by atoms with Crippen LogP contribution in [0.4, 0.5) is 6.01 Å². The summed E-state index contributed by atoms with van der Waals surface area (Å²) in [6.45, 7) is 0.422. The molecule has 4 aromatic rings. The average molecular weight is 439 g/mol. The van der Waals surface area contributed by atoms with Gasteiger partial charge in [-0.3, -0.25) is 10.1 Å². The number of nitrogens with one attached hydrogen (secondary N) is 1. The maximum Gasteiger partial charge on any atom is 0.302 e. The molecule has 3 aromatic carbocycles. The summed E-state index contributed by atoms with van der Waals surface area (Å²) in [7, 11) is 0. The molecule has 1 amide bonds. The first-order chi connectivity index (χ1) is 16.1. The third kappa shape index (κ3) is 4.00. The Bertz CT molecular complexity index is 1370. The van der Waals surface area contributed by atoms with Gasteiger partial charge >= 0.3 is 6.01 Å². The fraction of sp³-hybridized carbons (Fsp3) is 0.120. The van der Waals surface area contributed by atoms with Gasteiger partial charge in [-0.1, -0.05) is 12.1 Å². The van der Waals surface area contributed by atoms with Gasteiger partial charge in [0.15, 0.2) is 5.58 Å². The molecule has 0 saturated carbocycles. The number of para-hydroxylation sites is 2. The third-order valence-corrected chi connectivity index (χ3v) is 5.34. The van der Waals surface area contributed by atoms with Crippen LogP contribution in [-0.2, 0) is 4.79 Å². The number of fused-ring (bicyclic) bond motifs is 2. The van der Waals surface area contributed by atoms with Crippen molar-refractivity contribution >= 4 is 29.3 Å². The van der Waals surface area contributed by atoms with Gasteiger partial charge in [0.1, 0.15) is 35.1 Å². The number of carbonyl (C=O) groups is 2. The van der Waals surface area contributed by atoms with Gasteiger partial charge in [-0.2, -0.15) is 10.2 Å². The molecule has 1 aliphatic heterocycles. The van der Waals surface area contributed by atoms with E-state index in [9.17, 15) is 14.9 Å². The van der Waals surface area contributed by atoms with Crippen LogP contribution < -0.4 is 14.8 Å². The van der Waals surface area contributed by atoms with E-state index >= 15 is 0 Å². The molecule has 1 unspecified atom stereocenters. The molecule has 5 rings (SSSR count). The Morgan fingerprint density at radius 2 is 2.00 bits per heavy atom. The second-order valence-corrected chi connectivity index (χ2v) is 7.45. The number of nitrogens with zero attached hydrogens (tertiary/aromatic N) is 2. The maximum absolute atomic E-state index is 12.5. The van der Waals surface area contributed by atoms with Crippen molar-refractivity contribution in [1.29, 1.82) is 5.26 Å². The molecular formula is C25H17N3O5. The number of oxazole rings is 1. The first kappa shape index (κ1) is 20.3. The molecule has 0 bridgehead atoms. The van der Waals surface area contributed by atoms with E-state index in [0.29, 0.717) is 58.1 Å². The molecule has 2 heterocycles. The molecule has 0 fully saturated rings. The molecule has 0 spiro atoms. The minimum atomic E-state index is -0.382. The molecule has 1 N–H and O–H groups in total. The summed E-state index contributed by atoms with van der Waals surface area (Å²) in [6.07, 6.45) is 1.45. The minimum absolute atomic E-state index is 0.114. The van der Waals surface area contributed by atoms with Gasteiger partial charge in [0.25, 0.3) is 5.91 Å². The average Bonchev–Trinajstić information content (AvgIpc) is 3.25. The maximum atomic E-state index is 12.5. The predicted octanol–water partition coefficient (Wildman–Crippen LogP) is 4.81. The number of aldehydes is 1. The van der Waals surface area contributed by atoms with E-state index in [2.05, 4.69) is 16.4 Å². The first-order valence-corrected chi connectivity index (χ1v) is 10.3. The van der Waals surface area contributed by atoms with Gasteiger partial charge in [0.05, 0.1) is 12.2 Å². The van der Waals surface area contributed by atoms with E-state index in [1.165, 1.54) is 0 Å². The largest absolute Gasteiger partial charge is 0.493 e. The van der Waals surface area contributed by atoms with Gasteiger partial charge in [0, 0.05) is 23.1 Å². The van der Waals surface area contributed by atoms with Crippen molar-refractivity contribution in [3.8, 4) is 23.3 Å². The number of rotatable bonds is 5. The second-order valence-electron chi connectivity index (χ2n) is 7.45. The van der Waals surface area contributed by atoms with E-state index in [1.54, 1.807) is 48.5 Å². The van der Waals surface area contributed by atoms with E-state index in [0.717, 1.165) is 6.29 Å². The standard InChI is InChI=1S/C25H17N3O5/c26-13-17-11-19-16(14-29)9-10-31-23(19)12-22(17)32-18-7-5-15(6-8-18)24(30)28-25-27-20-3-1-2-4-21(20)33-25/h1-8,11-12,14,16H,9-10H2,(H,27,28,30). The highest BCUT2D eigenvalue weighted by Gasteiger charge is 2.24. The highest BCUT2D eigenvalue weighted by molar-refractivity contribution is 6.03. The lowest BCUT2D eigenvalue weighted by molar-refractivity contribution is -0.109. The van der Waals surface area contributed by atoms with Crippen molar-refractivity contribution in [3.63, 3.8) is 0 Å². The lowest BCUT2D eigenvalue weighted by Gasteiger charge is -2.23. The van der Waals surface area contributed by atoms with Gasteiger partial charge in [0.2, 0.25) is 0 Å². The summed E-state index contributed by atoms with van der Waals surface area (Å²) in [5, 5.41) is 12.2. The number of amides is 1. The minimum Gasteiger partial charge on any atom is -0.493 e. The van der Waals surface area contributed by atoms with Crippen molar-refractivity contribution < 1.29 is 23.5 Å². The van der Waals surface area contributed by atoms with Crippen LogP contribution in [0.3, 0.4) is 0 Å². The van der Waals surface area contributed by atoms with Crippen LogP contribution in [0.25, 0.3) is 11.1 Å². The number of aromatic nitrogens is 1. The summed E-state index contributed by atoms with van der Waals surface area (Å²) in [5.74, 6) is 0.600. The van der Waals surface area contributed by atoms with Crippen LogP contribution in [0.2, 0.25) is 0 Å². The molecular weight excluding hydrogens is 422 g/mol. The zero-order valence-electron chi connectivity index (χ0n) is 17.3. The molecule has 1 atom stereocenters. The van der Waals surface area contributed by atoms with Crippen molar-refractivity contribution in [1.82, 2.24) is 4.98 Å². The third-order valence-electron chi connectivity index (χ3n) is 5.34. The number of nitriles is 1. The molecule has 1 aromatic heterocycles. The van der Waals surface area contributed by atoms with Crippen LogP contribution in [0, 0.1) is 11.3 Å². The molecule has 1 aliphatic rings. The molecule has 33 heavy (non-hydrogen) atoms. The highest BCUT2D eigenvalue weighted by Crippen LogP contribution is 2.38. The lowest BCUT2D eigenvalue weighted by Crippen LogP contribution is -2.15.